The van der Waals surface area contributed by atoms with Crippen molar-refractivity contribution in [1.29, 1.82) is 0 Å². The number of rotatable bonds is 6. The fourth-order valence-corrected chi connectivity index (χ4v) is 2.35. The molecule has 0 heterocycles. The van der Waals surface area contributed by atoms with Gasteiger partial charge < -0.3 is 16.0 Å². The number of hydrogen-bond acceptors (Lipinski definition) is 3. The molecule has 1 saturated carbocycles. The lowest BCUT2D eigenvalue weighted by atomic mass is 10.1. The minimum atomic E-state index is -0.131. The molecule has 5 nitrogen and oxygen atoms in total. The van der Waals surface area contributed by atoms with Crippen LogP contribution in [0.25, 0.3) is 0 Å². The Labute approximate surface area is 141 Å². The van der Waals surface area contributed by atoms with E-state index in [0.717, 1.165) is 29.8 Å². The third-order valence-electron chi connectivity index (χ3n) is 3.91. The maximum Gasteiger partial charge on any atom is 0.251 e. The van der Waals surface area contributed by atoms with E-state index >= 15 is 0 Å². The number of benzene rings is 2. The number of hydrogen-bond donors (Lipinski definition) is 3. The summed E-state index contributed by atoms with van der Waals surface area (Å²) in [5, 5.41) is 8.90. The van der Waals surface area contributed by atoms with Crippen LogP contribution in [0.4, 0.5) is 11.4 Å². The Kier molecular flexibility index (Phi) is 4.79. The largest absolute Gasteiger partial charge is 0.376 e. The topological polar surface area (TPSA) is 70.2 Å². The highest BCUT2D eigenvalue weighted by Gasteiger charge is 2.23. The Bertz CT molecular complexity index is 740. The third kappa shape index (κ3) is 4.35. The van der Waals surface area contributed by atoms with Crippen molar-refractivity contribution in [3.63, 3.8) is 0 Å². The van der Waals surface area contributed by atoms with E-state index in [1.54, 1.807) is 6.07 Å². The van der Waals surface area contributed by atoms with Gasteiger partial charge in [0, 0.05) is 23.0 Å². The Morgan fingerprint density at radius 3 is 2.54 bits per heavy atom. The number of carbonyl (C=O) groups is 2. The summed E-state index contributed by atoms with van der Waals surface area (Å²) in [4.78, 5) is 24.1. The molecule has 0 atom stereocenters. The van der Waals surface area contributed by atoms with Crippen LogP contribution in [-0.2, 0) is 4.79 Å². The molecule has 1 aliphatic carbocycles. The number of anilines is 2. The lowest BCUT2D eigenvalue weighted by Crippen LogP contribution is -2.26. The highest BCUT2D eigenvalue weighted by atomic mass is 16.2. The van der Waals surface area contributed by atoms with Crippen LogP contribution < -0.4 is 16.0 Å². The fraction of sp³-hybridized carbons (Fsp3) is 0.263. The Morgan fingerprint density at radius 1 is 1.08 bits per heavy atom. The van der Waals surface area contributed by atoms with Gasteiger partial charge in [0.1, 0.15) is 0 Å². The van der Waals surface area contributed by atoms with E-state index in [1.165, 1.54) is 0 Å². The van der Waals surface area contributed by atoms with Crippen molar-refractivity contribution in [3.8, 4) is 0 Å². The van der Waals surface area contributed by atoms with Gasteiger partial charge in [0.2, 0.25) is 5.91 Å². The summed E-state index contributed by atoms with van der Waals surface area (Å²) < 4.78 is 0. The monoisotopic (exact) mass is 323 g/mol. The van der Waals surface area contributed by atoms with Gasteiger partial charge in [-0.05, 0) is 49.6 Å². The fourth-order valence-electron chi connectivity index (χ4n) is 2.35. The molecule has 0 aromatic heterocycles. The van der Waals surface area contributed by atoms with Gasteiger partial charge in [0.25, 0.3) is 5.91 Å². The van der Waals surface area contributed by atoms with Crippen LogP contribution in [0.3, 0.4) is 0 Å². The summed E-state index contributed by atoms with van der Waals surface area (Å²) in [6, 6.07) is 15.1. The van der Waals surface area contributed by atoms with E-state index in [4.69, 9.17) is 0 Å². The molecule has 2 aromatic rings. The van der Waals surface area contributed by atoms with Gasteiger partial charge in [-0.1, -0.05) is 24.3 Å². The Hall–Kier alpha value is -2.82. The van der Waals surface area contributed by atoms with Crippen LogP contribution in [0.1, 0.15) is 28.8 Å². The molecule has 24 heavy (non-hydrogen) atoms. The van der Waals surface area contributed by atoms with Crippen LogP contribution in [0.2, 0.25) is 0 Å². The minimum absolute atomic E-state index is 0.0608. The summed E-state index contributed by atoms with van der Waals surface area (Å²) in [5.41, 5.74) is 3.16. The average Bonchev–Trinajstić information content (AvgIpc) is 3.39. The SMILES string of the molecule is Cc1ccc(C(=O)NC2CC2)cc1NCC(=O)Nc1ccccc1. The zero-order valence-corrected chi connectivity index (χ0v) is 13.6. The molecule has 0 bridgehead atoms. The van der Waals surface area contributed by atoms with E-state index in [0.29, 0.717) is 11.6 Å². The van der Waals surface area contributed by atoms with Crippen LogP contribution in [0.15, 0.2) is 48.5 Å². The zero-order valence-electron chi connectivity index (χ0n) is 13.6. The van der Waals surface area contributed by atoms with Crippen molar-refractivity contribution in [2.24, 2.45) is 0 Å². The van der Waals surface area contributed by atoms with Gasteiger partial charge in [0.15, 0.2) is 0 Å². The van der Waals surface area contributed by atoms with Gasteiger partial charge in [-0.25, -0.2) is 0 Å². The van der Waals surface area contributed by atoms with Crippen LogP contribution in [0.5, 0.6) is 0 Å². The summed E-state index contributed by atoms with van der Waals surface area (Å²) in [7, 11) is 0. The van der Waals surface area contributed by atoms with Crippen molar-refractivity contribution < 1.29 is 9.59 Å². The molecule has 5 heteroatoms. The molecule has 0 saturated heterocycles. The molecule has 124 valence electrons. The summed E-state index contributed by atoms with van der Waals surface area (Å²) >= 11 is 0. The number of amides is 2. The van der Waals surface area contributed by atoms with Gasteiger partial charge >= 0.3 is 0 Å². The molecular weight excluding hydrogens is 302 g/mol. The molecule has 0 spiro atoms. The molecule has 3 rings (SSSR count). The molecule has 1 aliphatic rings. The summed E-state index contributed by atoms with van der Waals surface area (Å²) in [6.45, 7) is 2.09. The lowest BCUT2D eigenvalue weighted by Gasteiger charge is -2.12. The summed E-state index contributed by atoms with van der Waals surface area (Å²) in [5.74, 6) is -0.192. The minimum Gasteiger partial charge on any atom is -0.376 e. The Morgan fingerprint density at radius 2 is 1.83 bits per heavy atom. The van der Waals surface area contributed by atoms with E-state index in [9.17, 15) is 9.59 Å². The van der Waals surface area contributed by atoms with Crippen molar-refractivity contribution in [3.05, 3.63) is 59.7 Å². The molecule has 0 aliphatic heterocycles. The molecule has 3 N–H and O–H groups in total. The maximum atomic E-state index is 12.1. The average molecular weight is 323 g/mol. The third-order valence-corrected chi connectivity index (χ3v) is 3.91. The van der Waals surface area contributed by atoms with E-state index in [2.05, 4.69) is 16.0 Å². The predicted molar refractivity (Wildman–Crippen MR) is 95.2 cm³/mol. The second-order valence-electron chi connectivity index (χ2n) is 6.05. The molecule has 1 fully saturated rings. The number of para-hydroxylation sites is 1. The first-order valence-corrected chi connectivity index (χ1v) is 8.12. The first-order valence-electron chi connectivity index (χ1n) is 8.12. The number of carbonyl (C=O) groups excluding carboxylic acids is 2. The van der Waals surface area contributed by atoms with Crippen LogP contribution in [-0.4, -0.2) is 24.4 Å². The molecule has 0 unspecified atom stereocenters. The molecule has 0 radical (unpaired) electrons. The molecular formula is C19H21N3O2. The summed E-state index contributed by atoms with van der Waals surface area (Å²) in [6.07, 6.45) is 2.12. The first kappa shape index (κ1) is 16.1. The van der Waals surface area contributed by atoms with Gasteiger partial charge in [-0.3, -0.25) is 9.59 Å². The Balaban J connectivity index is 1.59. The normalized spacial score (nSPS) is 13.2. The lowest BCUT2D eigenvalue weighted by molar-refractivity contribution is -0.114. The van der Waals surface area contributed by atoms with Crippen LogP contribution >= 0.6 is 0 Å². The van der Waals surface area contributed by atoms with Crippen molar-refractivity contribution in [2.75, 3.05) is 17.2 Å². The number of nitrogens with one attached hydrogen (secondary N) is 3. The highest BCUT2D eigenvalue weighted by molar-refractivity contribution is 5.96. The maximum absolute atomic E-state index is 12.1. The first-order chi connectivity index (χ1) is 11.6. The molecule has 2 aromatic carbocycles. The standard InChI is InChI=1S/C19H21N3O2/c1-13-7-8-14(19(24)22-16-9-10-16)11-17(13)20-12-18(23)21-15-5-3-2-4-6-15/h2-8,11,16,20H,9-10,12H2,1H3,(H,21,23)(H,22,24). The van der Waals surface area contributed by atoms with E-state index in [-0.39, 0.29) is 18.4 Å². The predicted octanol–water partition coefficient (Wildman–Crippen LogP) is 2.94. The zero-order chi connectivity index (χ0) is 16.9. The number of aryl methyl sites for hydroxylation is 1. The van der Waals surface area contributed by atoms with Gasteiger partial charge in [0.05, 0.1) is 6.54 Å². The van der Waals surface area contributed by atoms with Crippen LogP contribution in [0, 0.1) is 6.92 Å². The van der Waals surface area contributed by atoms with E-state index < -0.39 is 0 Å². The second kappa shape index (κ2) is 7.17. The van der Waals surface area contributed by atoms with Gasteiger partial charge in [-0.15, -0.1) is 0 Å². The van der Waals surface area contributed by atoms with Gasteiger partial charge in [-0.2, -0.15) is 0 Å². The second-order valence-corrected chi connectivity index (χ2v) is 6.05. The highest BCUT2D eigenvalue weighted by Crippen LogP contribution is 2.21. The van der Waals surface area contributed by atoms with E-state index in [1.807, 2.05) is 49.4 Å². The van der Waals surface area contributed by atoms with Crippen molar-refractivity contribution in [2.45, 2.75) is 25.8 Å². The van der Waals surface area contributed by atoms with Crippen molar-refractivity contribution >= 4 is 23.2 Å². The quantitative estimate of drug-likeness (QED) is 0.765. The smallest absolute Gasteiger partial charge is 0.251 e. The molecule has 2 amide bonds. The van der Waals surface area contributed by atoms with Crippen molar-refractivity contribution in [1.82, 2.24) is 5.32 Å².